The molecule has 1 saturated heterocycles. The Labute approximate surface area is 121 Å². The highest BCUT2D eigenvalue weighted by atomic mass is 19.1. The van der Waals surface area contributed by atoms with Gasteiger partial charge in [0.25, 0.3) is 5.56 Å². The van der Waals surface area contributed by atoms with Crippen molar-refractivity contribution in [3.8, 4) is 0 Å². The number of halogens is 1. The van der Waals surface area contributed by atoms with E-state index in [1.54, 1.807) is 25.1 Å². The van der Waals surface area contributed by atoms with Gasteiger partial charge in [0, 0.05) is 24.7 Å². The first kappa shape index (κ1) is 13.8. The Morgan fingerprint density at radius 2 is 2.24 bits per heavy atom. The molecule has 1 N–H and O–H groups in total. The molecule has 6 heteroatoms. The molecule has 0 amide bonds. The normalized spacial score (nSPS) is 18.8. The van der Waals surface area contributed by atoms with Crippen LogP contribution in [0.4, 0.5) is 10.2 Å². The van der Waals surface area contributed by atoms with Crippen molar-refractivity contribution < 1.29 is 9.13 Å². The van der Waals surface area contributed by atoms with Crippen molar-refractivity contribution in [3.05, 3.63) is 57.9 Å². The first-order valence-electron chi connectivity index (χ1n) is 6.82. The van der Waals surface area contributed by atoms with Gasteiger partial charge in [-0.25, -0.2) is 9.37 Å². The van der Waals surface area contributed by atoms with E-state index in [-0.39, 0.29) is 17.5 Å². The molecular formula is C15H16FN3O2. The van der Waals surface area contributed by atoms with Gasteiger partial charge in [-0.05, 0) is 13.0 Å². The van der Waals surface area contributed by atoms with Crippen LogP contribution in [0.3, 0.4) is 0 Å². The van der Waals surface area contributed by atoms with Crippen LogP contribution in [0.15, 0.2) is 35.1 Å². The maximum absolute atomic E-state index is 13.9. The second-order valence-corrected chi connectivity index (χ2v) is 5.02. The van der Waals surface area contributed by atoms with Crippen molar-refractivity contribution in [1.29, 1.82) is 0 Å². The van der Waals surface area contributed by atoms with Crippen molar-refractivity contribution in [1.82, 2.24) is 9.97 Å². The Kier molecular flexibility index (Phi) is 3.70. The van der Waals surface area contributed by atoms with Crippen LogP contribution >= 0.6 is 0 Å². The zero-order valence-corrected chi connectivity index (χ0v) is 11.7. The van der Waals surface area contributed by atoms with Gasteiger partial charge in [-0.2, -0.15) is 0 Å². The highest BCUT2D eigenvalue weighted by molar-refractivity contribution is 5.39. The highest BCUT2D eigenvalue weighted by Crippen LogP contribution is 2.26. The number of nitrogens with one attached hydrogen (secondary N) is 1. The number of hydrogen-bond donors (Lipinski definition) is 1. The maximum Gasteiger partial charge on any atom is 0.252 e. The minimum Gasteiger partial charge on any atom is -0.370 e. The quantitative estimate of drug-likeness (QED) is 0.916. The summed E-state index contributed by atoms with van der Waals surface area (Å²) in [7, 11) is 0. The lowest BCUT2D eigenvalue weighted by molar-refractivity contribution is 0.0372. The van der Waals surface area contributed by atoms with Gasteiger partial charge in [0.05, 0.1) is 6.61 Å². The first-order chi connectivity index (χ1) is 10.1. The molecule has 0 aliphatic carbocycles. The lowest BCUT2D eigenvalue weighted by Crippen LogP contribution is -2.39. The van der Waals surface area contributed by atoms with E-state index in [4.69, 9.17) is 4.74 Å². The summed E-state index contributed by atoms with van der Waals surface area (Å²) in [5.41, 5.74) is 0.343. The molecule has 0 saturated carbocycles. The molecule has 21 heavy (non-hydrogen) atoms. The number of benzene rings is 1. The van der Waals surface area contributed by atoms with Crippen molar-refractivity contribution in [3.63, 3.8) is 0 Å². The number of aryl methyl sites for hydroxylation is 1. The summed E-state index contributed by atoms with van der Waals surface area (Å²) >= 11 is 0. The molecule has 1 aromatic carbocycles. The summed E-state index contributed by atoms with van der Waals surface area (Å²) in [5, 5.41) is 0. The number of morpholine rings is 1. The van der Waals surface area contributed by atoms with Crippen molar-refractivity contribution in [2.24, 2.45) is 0 Å². The lowest BCUT2D eigenvalue weighted by Gasteiger charge is -2.34. The number of rotatable bonds is 2. The van der Waals surface area contributed by atoms with Crippen LogP contribution in [0.2, 0.25) is 0 Å². The molecule has 110 valence electrons. The van der Waals surface area contributed by atoms with Crippen molar-refractivity contribution in [2.45, 2.75) is 13.0 Å². The second kappa shape index (κ2) is 5.65. The topological polar surface area (TPSA) is 58.2 Å². The van der Waals surface area contributed by atoms with E-state index in [1.165, 1.54) is 12.1 Å². The summed E-state index contributed by atoms with van der Waals surface area (Å²) in [6.45, 7) is 3.30. The number of H-pyrrole nitrogens is 1. The van der Waals surface area contributed by atoms with E-state index in [0.29, 0.717) is 36.9 Å². The molecule has 5 nitrogen and oxygen atoms in total. The summed E-state index contributed by atoms with van der Waals surface area (Å²) in [5.74, 6) is 0.881. The SMILES string of the molecule is Cc1nc(N2CCOC(c3ccccc3F)C2)cc(=O)[nH]1. The standard InChI is InChI=1S/C15H16FN3O2/c1-10-17-14(8-15(20)18-10)19-6-7-21-13(9-19)11-4-2-3-5-12(11)16/h2-5,8,13H,6-7,9H2,1H3,(H,17,18,20). The molecule has 1 fully saturated rings. The molecule has 0 radical (unpaired) electrons. The number of ether oxygens (including phenoxy) is 1. The highest BCUT2D eigenvalue weighted by Gasteiger charge is 2.25. The Bertz CT molecular complexity index is 701. The number of aromatic nitrogens is 2. The monoisotopic (exact) mass is 289 g/mol. The van der Waals surface area contributed by atoms with E-state index in [9.17, 15) is 9.18 Å². The van der Waals surface area contributed by atoms with Crippen LogP contribution in [0.5, 0.6) is 0 Å². The third-order valence-corrected chi connectivity index (χ3v) is 3.49. The number of anilines is 1. The molecule has 2 heterocycles. The van der Waals surface area contributed by atoms with Crippen molar-refractivity contribution in [2.75, 3.05) is 24.6 Å². The lowest BCUT2D eigenvalue weighted by atomic mass is 10.1. The molecule has 1 aliphatic rings. The van der Waals surface area contributed by atoms with Crippen LogP contribution in [-0.4, -0.2) is 29.7 Å². The zero-order valence-electron chi connectivity index (χ0n) is 11.7. The Hall–Kier alpha value is -2.21. The average molecular weight is 289 g/mol. The third kappa shape index (κ3) is 2.95. The Morgan fingerprint density at radius 3 is 3.00 bits per heavy atom. The van der Waals surface area contributed by atoms with E-state index in [0.717, 1.165) is 0 Å². The summed E-state index contributed by atoms with van der Waals surface area (Å²) < 4.78 is 19.5. The van der Waals surface area contributed by atoms with Crippen LogP contribution < -0.4 is 10.5 Å². The van der Waals surface area contributed by atoms with Gasteiger partial charge in [0.15, 0.2) is 0 Å². The van der Waals surface area contributed by atoms with E-state index < -0.39 is 0 Å². The fraction of sp³-hybridized carbons (Fsp3) is 0.333. The smallest absolute Gasteiger partial charge is 0.252 e. The Morgan fingerprint density at radius 1 is 1.43 bits per heavy atom. The molecule has 0 spiro atoms. The molecule has 1 aliphatic heterocycles. The summed E-state index contributed by atoms with van der Waals surface area (Å²) in [6, 6.07) is 8.04. The molecule has 1 unspecified atom stereocenters. The fourth-order valence-electron chi connectivity index (χ4n) is 2.51. The van der Waals surface area contributed by atoms with Gasteiger partial charge in [-0.1, -0.05) is 18.2 Å². The van der Waals surface area contributed by atoms with Gasteiger partial charge in [0.2, 0.25) is 0 Å². The second-order valence-electron chi connectivity index (χ2n) is 5.02. The number of aromatic amines is 1. The van der Waals surface area contributed by atoms with E-state index in [2.05, 4.69) is 9.97 Å². The van der Waals surface area contributed by atoms with E-state index >= 15 is 0 Å². The number of hydrogen-bond acceptors (Lipinski definition) is 4. The Balaban J connectivity index is 1.86. The predicted octanol–water partition coefficient (Wildman–Crippen LogP) is 1.80. The zero-order chi connectivity index (χ0) is 14.8. The summed E-state index contributed by atoms with van der Waals surface area (Å²) in [6.07, 6.45) is -0.360. The molecule has 2 aromatic rings. The van der Waals surface area contributed by atoms with Gasteiger partial charge in [-0.15, -0.1) is 0 Å². The molecule has 1 atom stereocenters. The van der Waals surface area contributed by atoms with Crippen LogP contribution in [0.1, 0.15) is 17.5 Å². The van der Waals surface area contributed by atoms with Crippen molar-refractivity contribution >= 4 is 5.82 Å². The van der Waals surface area contributed by atoms with Gasteiger partial charge >= 0.3 is 0 Å². The third-order valence-electron chi connectivity index (χ3n) is 3.49. The van der Waals surface area contributed by atoms with Crippen LogP contribution in [0.25, 0.3) is 0 Å². The summed E-state index contributed by atoms with van der Waals surface area (Å²) in [4.78, 5) is 20.4. The molecular weight excluding hydrogens is 273 g/mol. The predicted molar refractivity (Wildman–Crippen MR) is 76.9 cm³/mol. The fourth-order valence-corrected chi connectivity index (χ4v) is 2.51. The average Bonchev–Trinajstić information content (AvgIpc) is 2.47. The van der Waals surface area contributed by atoms with Gasteiger partial charge in [-0.3, -0.25) is 4.79 Å². The van der Waals surface area contributed by atoms with Crippen LogP contribution in [-0.2, 0) is 4.74 Å². The van der Waals surface area contributed by atoms with Crippen LogP contribution in [0, 0.1) is 12.7 Å². The minimum absolute atomic E-state index is 0.188. The minimum atomic E-state index is -0.360. The largest absolute Gasteiger partial charge is 0.370 e. The van der Waals surface area contributed by atoms with E-state index in [1.807, 2.05) is 4.90 Å². The molecule has 1 aromatic heterocycles. The van der Waals surface area contributed by atoms with Gasteiger partial charge in [0.1, 0.15) is 23.6 Å². The van der Waals surface area contributed by atoms with Gasteiger partial charge < -0.3 is 14.6 Å². The maximum atomic E-state index is 13.9. The first-order valence-corrected chi connectivity index (χ1v) is 6.82. The molecule has 0 bridgehead atoms. The number of nitrogens with zero attached hydrogens (tertiary/aromatic N) is 2. The molecule has 3 rings (SSSR count).